The lowest BCUT2D eigenvalue weighted by molar-refractivity contribution is 0.0880. The Balaban J connectivity index is 2.01. The number of nitrogens with zero attached hydrogens (tertiary/aromatic N) is 3. The topological polar surface area (TPSA) is 39.9 Å². The summed E-state index contributed by atoms with van der Waals surface area (Å²) in [5.74, 6) is 0.859. The van der Waals surface area contributed by atoms with Gasteiger partial charge < -0.3 is 4.74 Å². The van der Waals surface area contributed by atoms with Gasteiger partial charge in [-0.05, 0) is 50.6 Å². The molecule has 0 amide bonds. The van der Waals surface area contributed by atoms with Crippen molar-refractivity contribution in [3.05, 3.63) is 19.8 Å². The van der Waals surface area contributed by atoms with Crippen LogP contribution in [-0.4, -0.2) is 29.4 Å². The summed E-state index contributed by atoms with van der Waals surface area (Å²) in [6.07, 6.45) is 1.73. The van der Waals surface area contributed by atoms with Gasteiger partial charge >= 0.3 is 0 Å². The molecule has 0 saturated heterocycles. The summed E-state index contributed by atoms with van der Waals surface area (Å²) < 4.78 is 10.0. The predicted molar refractivity (Wildman–Crippen MR) is 97.9 cm³/mol. The molecule has 2 aromatic rings. The van der Waals surface area contributed by atoms with Crippen LogP contribution in [0.5, 0.6) is 0 Å². The third-order valence-electron chi connectivity index (χ3n) is 2.70. The zero-order valence-corrected chi connectivity index (χ0v) is 17.3. The fraction of sp³-hybridized carbons (Fsp3) is 0.500. The second-order valence-electron chi connectivity index (χ2n) is 5.70. The average Bonchev–Trinajstić information content (AvgIpc) is 2.89. The van der Waals surface area contributed by atoms with E-state index in [-0.39, 0.29) is 0 Å². The summed E-state index contributed by atoms with van der Waals surface area (Å²) in [7, 11) is -1.03. The summed E-state index contributed by atoms with van der Waals surface area (Å²) in [4.78, 5) is 1.10. The average molecular weight is 486 g/mol. The van der Waals surface area contributed by atoms with E-state index in [0.29, 0.717) is 6.73 Å². The maximum atomic E-state index is 5.77. The van der Waals surface area contributed by atoms with Crippen LogP contribution in [-0.2, 0) is 11.5 Å². The molecule has 2 heterocycles. The van der Waals surface area contributed by atoms with Crippen LogP contribution in [0.25, 0.3) is 10.7 Å². The molecule has 8 heteroatoms. The lowest BCUT2D eigenvalue weighted by atomic mass is 10.4. The Morgan fingerprint density at radius 2 is 2.20 bits per heavy atom. The normalized spacial score (nSPS) is 12.1. The van der Waals surface area contributed by atoms with Gasteiger partial charge in [-0.3, -0.25) is 4.57 Å². The minimum absolute atomic E-state index is 0.508. The van der Waals surface area contributed by atoms with Gasteiger partial charge in [0, 0.05) is 19.2 Å². The SMILES string of the molecule is C[Si](C)(C)CCOCn1cnnc1-c1sc(I)cc1Br. The molecule has 0 unspecified atom stereocenters. The van der Waals surface area contributed by atoms with E-state index in [9.17, 15) is 0 Å². The molecule has 0 saturated carbocycles. The van der Waals surface area contributed by atoms with E-state index in [2.05, 4.69) is 74.4 Å². The number of ether oxygens (including phenoxy) is 1. The largest absolute Gasteiger partial charge is 0.361 e. The molecule has 0 aliphatic heterocycles. The van der Waals surface area contributed by atoms with Crippen molar-refractivity contribution in [3.8, 4) is 10.7 Å². The van der Waals surface area contributed by atoms with Crippen molar-refractivity contribution in [2.45, 2.75) is 32.4 Å². The van der Waals surface area contributed by atoms with Crippen LogP contribution in [0.1, 0.15) is 0 Å². The monoisotopic (exact) mass is 485 g/mol. The van der Waals surface area contributed by atoms with E-state index in [0.717, 1.165) is 21.8 Å². The van der Waals surface area contributed by atoms with Gasteiger partial charge in [-0.15, -0.1) is 21.5 Å². The summed E-state index contributed by atoms with van der Waals surface area (Å²) in [6, 6.07) is 3.26. The predicted octanol–water partition coefficient (Wildman–Crippen LogP) is 4.69. The minimum Gasteiger partial charge on any atom is -0.361 e. The number of thiophene rings is 1. The minimum atomic E-state index is -1.03. The molecule has 0 N–H and O–H groups in total. The molecule has 0 atom stereocenters. The Morgan fingerprint density at radius 1 is 1.45 bits per heavy atom. The Labute approximate surface area is 146 Å². The van der Waals surface area contributed by atoms with E-state index in [1.54, 1.807) is 17.7 Å². The Hall–Kier alpha value is 0.227. The first-order chi connectivity index (χ1) is 9.37. The van der Waals surface area contributed by atoms with Crippen LogP contribution in [0.2, 0.25) is 25.7 Å². The van der Waals surface area contributed by atoms with Crippen molar-refractivity contribution >= 4 is 57.9 Å². The molecule has 4 nitrogen and oxygen atoms in total. The lowest BCUT2D eigenvalue weighted by Crippen LogP contribution is -2.22. The van der Waals surface area contributed by atoms with Gasteiger partial charge in [0.05, 0.1) is 7.76 Å². The zero-order chi connectivity index (χ0) is 14.8. The molecule has 0 spiro atoms. The first kappa shape index (κ1) is 16.6. The molecule has 110 valence electrons. The number of halogens is 2. The Morgan fingerprint density at radius 3 is 2.80 bits per heavy atom. The highest BCUT2D eigenvalue weighted by atomic mass is 127. The Kier molecular flexibility index (Phi) is 5.80. The smallest absolute Gasteiger partial charge is 0.176 e. The summed E-state index contributed by atoms with van der Waals surface area (Å²) in [5, 5.41) is 8.21. The van der Waals surface area contributed by atoms with Gasteiger partial charge in [0.25, 0.3) is 0 Å². The fourth-order valence-corrected chi connectivity index (χ4v) is 5.29. The van der Waals surface area contributed by atoms with Crippen molar-refractivity contribution in [1.82, 2.24) is 14.8 Å². The van der Waals surface area contributed by atoms with Gasteiger partial charge in [-0.2, -0.15) is 0 Å². The van der Waals surface area contributed by atoms with Gasteiger partial charge in [0.2, 0.25) is 0 Å². The molecule has 0 aromatic carbocycles. The van der Waals surface area contributed by atoms with Crippen LogP contribution in [0.15, 0.2) is 16.9 Å². The molecule has 0 aliphatic carbocycles. The highest BCUT2D eigenvalue weighted by molar-refractivity contribution is 14.1. The molecule has 0 aliphatic rings. The Bertz CT molecular complexity index is 582. The zero-order valence-electron chi connectivity index (χ0n) is 11.7. The van der Waals surface area contributed by atoms with E-state index in [4.69, 9.17) is 4.74 Å². The summed E-state index contributed by atoms with van der Waals surface area (Å²) >= 11 is 7.58. The first-order valence-corrected chi connectivity index (χ1v) is 12.7. The van der Waals surface area contributed by atoms with E-state index < -0.39 is 8.07 Å². The molecule has 0 radical (unpaired) electrons. The van der Waals surface area contributed by atoms with Crippen LogP contribution < -0.4 is 0 Å². The highest BCUT2D eigenvalue weighted by Crippen LogP contribution is 2.35. The standard InChI is InChI=1S/C12H17BrIN3OSSi/c1-20(2,3)5-4-18-8-17-7-15-16-12(17)11-9(13)6-10(14)19-11/h6-7H,4-5,8H2,1-3H3. The molecule has 20 heavy (non-hydrogen) atoms. The van der Waals surface area contributed by atoms with E-state index in [1.165, 1.54) is 8.93 Å². The molecular formula is C12H17BrIN3OSSi. The first-order valence-electron chi connectivity index (χ1n) is 6.27. The molecule has 0 bridgehead atoms. The van der Waals surface area contributed by atoms with Crippen LogP contribution in [0.4, 0.5) is 0 Å². The van der Waals surface area contributed by atoms with Crippen molar-refractivity contribution < 1.29 is 4.74 Å². The third kappa shape index (κ3) is 4.62. The third-order valence-corrected chi connectivity index (χ3v) is 7.19. The number of aromatic nitrogens is 3. The van der Waals surface area contributed by atoms with Gasteiger partial charge in [0.15, 0.2) is 5.82 Å². The van der Waals surface area contributed by atoms with Gasteiger partial charge in [0.1, 0.15) is 13.1 Å². The van der Waals surface area contributed by atoms with Crippen LogP contribution in [0.3, 0.4) is 0 Å². The van der Waals surface area contributed by atoms with Crippen molar-refractivity contribution in [2.24, 2.45) is 0 Å². The van der Waals surface area contributed by atoms with E-state index >= 15 is 0 Å². The fourth-order valence-electron chi connectivity index (χ4n) is 1.56. The second-order valence-corrected chi connectivity index (χ2v) is 15.1. The van der Waals surface area contributed by atoms with Gasteiger partial charge in [-0.25, -0.2) is 0 Å². The van der Waals surface area contributed by atoms with Crippen molar-refractivity contribution in [2.75, 3.05) is 6.61 Å². The maximum absolute atomic E-state index is 5.77. The van der Waals surface area contributed by atoms with Crippen LogP contribution in [0, 0.1) is 2.88 Å². The van der Waals surface area contributed by atoms with Crippen molar-refractivity contribution in [1.29, 1.82) is 0 Å². The highest BCUT2D eigenvalue weighted by Gasteiger charge is 2.15. The molecular weight excluding hydrogens is 469 g/mol. The number of rotatable bonds is 6. The number of hydrogen-bond donors (Lipinski definition) is 0. The maximum Gasteiger partial charge on any atom is 0.176 e. The van der Waals surface area contributed by atoms with E-state index in [1.807, 2.05) is 4.57 Å². The molecule has 2 aromatic heterocycles. The molecule has 0 fully saturated rings. The van der Waals surface area contributed by atoms with Crippen LogP contribution >= 0.6 is 49.9 Å². The lowest BCUT2D eigenvalue weighted by Gasteiger charge is -2.15. The quantitative estimate of drug-likeness (QED) is 0.338. The molecule has 2 rings (SSSR count). The van der Waals surface area contributed by atoms with Gasteiger partial charge in [-0.1, -0.05) is 19.6 Å². The summed E-state index contributed by atoms with van der Waals surface area (Å²) in [5.41, 5.74) is 0. The van der Waals surface area contributed by atoms with Crippen molar-refractivity contribution in [3.63, 3.8) is 0 Å². The number of hydrogen-bond acceptors (Lipinski definition) is 4. The summed E-state index contributed by atoms with van der Waals surface area (Å²) in [6.45, 7) is 8.37. The second kappa shape index (κ2) is 6.99.